The largest absolute Gasteiger partial charge is 0.330 e. The topological polar surface area (TPSA) is 35.7 Å². The maximum Gasteiger partial charge on any atom is 0.0595 e. The van der Waals surface area contributed by atoms with Gasteiger partial charge < -0.3 is 15.5 Å². The second-order valence-corrected chi connectivity index (χ2v) is 9.99. The van der Waals surface area contributed by atoms with E-state index in [4.69, 9.17) is 28.9 Å². The molecule has 3 rings (SSSR count). The van der Waals surface area contributed by atoms with Gasteiger partial charge in [0.05, 0.1) is 10.0 Å². The Morgan fingerprint density at radius 1 is 0.806 bits per heavy atom. The highest BCUT2D eigenvalue weighted by Gasteiger charge is 2.16. The molecule has 0 saturated carbocycles. The summed E-state index contributed by atoms with van der Waals surface area (Å²) in [7, 11) is 0. The van der Waals surface area contributed by atoms with Gasteiger partial charge in [-0.2, -0.15) is 0 Å². The molecule has 0 aromatic heterocycles. The van der Waals surface area contributed by atoms with Gasteiger partial charge in [0, 0.05) is 50.3 Å². The molecule has 0 bridgehead atoms. The molecule has 0 amide bonds. The smallest absolute Gasteiger partial charge is 0.0595 e. The second kappa shape index (κ2) is 13.1. The first-order chi connectivity index (χ1) is 15.0. The van der Waals surface area contributed by atoms with Gasteiger partial charge in [0.15, 0.2) is 0 Å². The lowest BCUT2D eigenvalue weighted by Crippen LogP contribution is -2.47. The average Bonchev–Trinajstić information content (AvgIpc) is 2.77. The monoisotopic (exact) mass is 526 g/mol. The number of hydrogen-bond acceptors (Lipinski definition) is 4. The molecule has 0 atom stereocenters. The summed E-state index contributed by atoms with van der Waals surface area (Å²) in [5, 5.41) is 1.23. The summed E-state index contributed by atoms with van der Waals surface area (Å²) in [6.45, 7) is 10.5. The summed E-state index contributed by atoms with van der Waals surface area (Å²) in [6.07, 6.45) is 2.25. The fourth-order valence-electron chi connectivity index (χ4n) is 4.03. The predicted octanol–water partition coefficient (Wildman–Crippen LogP) is 5.11. The first-order valence-corrected chi connectivity index (χ1v) is 12.6. The average molecular weight is 528 g/mol. The summed E-state index contributed by atoms with van der Waals surface area (Å²) in [6, 6.07) is 14.5. The minimum Gasteiger partial charge on any atom is -0.330 e. The fraction of sp³-hybridized carbons (Fsp3) is 0.500. The van der Waals surface area contributed by atoms with Crippen molar-refractivity contribution >= 4 is 39.1 Å². The number of nitrogens with zero attached hydrogens (tertiary/aromatic N) is 3. The maximum atomic E-state index is 6.25. The third-order valence-electron chi connectivity index (χ3n) is 5.80. The number of nitrogens with two attached hydrogens (primary N) is 1. The highest BCUT2D eigenvalue weighted by atomic mass is 79.9. The van der Waals surface area contributed by atoms with Crippen LogP contribution in [0.5, 0.6) is 0 Å². The molecule has 0 unspecified atom stereocenters. The summed E-state index contributed by atoms with van der Waals surface area (Å²) < 4.78 is 1.11. The molecule has 1 aliphatic heterocycles. The molecule has 0 aliphatic carbocycles. The molecule has 4 nitrogen and oxygen atoms in total. The van der Waals surface area contributed by atoms with Gasteiger partial charge in [-0.3, -0.25) is 4.90 Å². The van der Waals surface area contributed by atoms with Crippen LogP contribution in [0.2, 0.25) is 10.0 Å². The Bertz CT molecular complexity index is 795. The molecule has 170 valence electrons. The maximum absolute atomic E-state index is 6.25. The van der Waals surface area contributed by atoms with E-state index >= 15 is 0 Å². The van der Waals surface area contributed by atoms with E-state index in [0.717, 1.165) is 82.8 Å². The molecule has 2 N–H and O–H groups in total. The Kier molecular flexibility index (Phi) is 10.6. The zero-order chi connectivity index (χ0) is 22.1. The van der Waals surface area contributed by atoms with Crippen LogP contribution in [0.1, 0.15) is 24.0 Å². The Labute approximate surface area is 205 Å². The predicted molar refractivity (Wildman–Crippen MR) is 136 cm³/mol. The third kappa shape index (κ3) is 8.65. The lowest BCUT2D eigenvalue weighted by molar-refractivity contribution is 0.125. The zero-order valence-electron chi connectivity index (χ0n) is 18.1. The molecular weight excluding hydrogens is 495 g/mol. The number of benzene rings is 2. The lowest BCUT2D eigenvalue weighted by Gasteiger charge is -2.35. The molecule has 1 saturated heterocycles. The van der Waals surface area contributed by atoms with Crippen molar-refractivity contribution in [3.8, 4) is 0 Å². The molecule has 0 radical (unpaired) electrons. The Hall–Kier alpha value is -0.660. The van der Waals surface area contributed by atoms with E-state index in [-0.39, 0.29) is 0 Å². The van der Waals surface area contributed by atoms with E-state index in [9.17, 15) is 0 Å². The lowest BCUT2D eigenvalue weighted by atomic mass is 10.1. The van der Waals surface area contributed by atoms with E-state index < -0.39 is 0 Å². The first-order valence-electron chi connectivity index (χ1n) is 11.1. The van der Waals surface area contributed by atoms with Gasteiger partial charge in [0.2, 0.25) is 0 Å². The van der Waals surface area contributed by atoms with Crippen molar-refractivity contribution in [1.82, 2.24) is 14.7 Å². The van der Waals surface area contributed by atoms with Crippen molar-refractivity contribution in [3.05, 3.63) is 68.1 Å². The quantitative estimate of drug-likeness (QED) is 0.440. The van der Waals surface area contributed by atoms with Gasteiger partial charge >= 0.3 is 0 Å². The highest BCUT2D eigenvalue weighted by molar-refractivity contribution is 9.10. The first kappa shape index (κ1) is 25.0. The second-order valence-electron chi connectivity index (χ2n) is 8.26. The summed E-state index contributed by atoms with van der Waals surface area (Å²) >= 11 is 15.9. The minimum atomic E-state index is 0.607. The standard InChI is InChI=1S/C24H33BrCl2N4/c25-22-6-3-20(4-7-22)18-31(19-21-5-8-23(26)24(27)17-21)12-2-11-30-15-13-29(14-16-30)10-1-9-28/h3-8,17H,1-2,9-16,18-19,28H2. The van der Waals surface area contributed by atoms with Crippen LogP contribution in [0.25, 0.3) is 0 Å². The van der Waals surface area contributed by atoms with Crippen LogP contribution in [-0.2, 0) is 13.1 Å². The van der Waals surface area contributed by atoms with E-state index in [0.29, 0.717) is 10.0 Å². The third-order valence-corrected chi connectivity index (χ3v) is 7.07. The van der Waals surface area contributed by atoms with Crippen LogP contribution >= 0.6 is 39.1 Å². The Morgan fingerprint density at radius 2 is 1.39 bits per heavy atom. The fourth-order valence-corrected chi connectivity index (χ4v) is 4.61. The van der Waals surface area contributed by atoms with Gasteiger partial charge in [0.25, 0.3) is 0 Å². The van der Waals surface area contributed by atoms with Crippen molar-refractivity contribution in [2.45, 2.75) is 25.9 Å². The van der Waals surface area contributed by atoms with Gasteiger partial charge in [0.1, 0.15) is 0 Å². The molecule has 1 heterocycles. The molecule has 2 aromatic carbocycles. The van der Waals surface area contributed by atoms with Crippen LogP contribution in [-0.4, -0.2) is 67.1 Å². The van der Waals surface area contributed by atoms with Gasteiger partial charge in [-0.15, -0.1) is 0 Å². The van der Waals surface area contributed by atoms with Crippen LogP contribution in [0, 0.1) is 0 Å². The molecule has 31 heavy (non-hydrogen) atoms. The zero-order valence-corrected chi connectivity index (χ0v) is 21.2. The van der Waals surface area contributed by atoms with Crippen LogP contribution in [0.3, 0.4) is 0 Å². The summed E-state index contributed by atoms with van der Waals surface area (Å²) in [5.41, 5.74) is 8.15. The van der Waals surface area contributed by atoms with E-state index in [2.05, 4.69) is 61.0 Å². The van der Waals surface area contributed by atoms with E-state index in [1.807, 2.05) is 12.1 Å². The van der Waals surface area contributed by atoms with Crippen molar-refractivity contribution in [2.75, 3.05) is 52.4 Å². The van der Waals surface area contributed by atoms with Gasteiger partial charge in [-0.1, -0.05) is 57.3 Å². The molecule has 2 aromatic rings. The number of piperazine rings is 1. The molecule has 1 fully saturated rings. The van der Waals surface area contributed by atoms with Crippen LogP contribution < -0.4 is 5.73 Å². The molecule has 0 spiro atoms. The molecule has 7 heteroatoms. The summed E-state index contributed by atoms with van der Waals surface area (Å²) in [5.74, 6) is 0. The van der Waals surface area contributed by atoms with Crippen molar-refractivity contribution in [3.63, 3.8) is 0 Å². The SMILES string of the molecule is NCCCN1CCN(CCCN(Cc2ccc(Br)cc2)Cc2ccc(Cl)c(Cl)c2)CC1. The summed E-state index contributed by atoms with van der Waals surface area (Å²) in [4.78, 5) is 7.63. The number of hydrogen-bond donors (Lipinski definition) is 1. The number of halogens is 3. The minimum absolute atomic E-state index is 0.607. The Balaban J connectivity index is 1.52. The molecule has 1 aliphatic rings. The van der Waals surface area contributed by atoms with Gasteiger partial charge in [-0.25, -0.2) is 0 Å². The molecular formula is C24H33BrCl2N4. The van der Waals surface area contributed by atoms with E-state index in [1.54, 1.807) is 0 Å². The van der Waals surface area contributed by atoms with Crippen LogP contribution in [0.4, 0.5) is 0 Å². The Morgan fingerprint density at radius 3 is 2.00 bits per heavy atom. The highest BCUT2D eigenvalue weighted by Crippen LogP contribution is 2.24. The van der Waals surface area contributed by atoms with Crippen molar-refractivity contribution in [1.29, 1.82) is 0 Å². The number of rotatable bonds is 11. The van der Waals surface area contributed by atoms with E-state index in [1.165, 1.54) is 11.1 Å². The van der Waals surface area contributed by atoms with Crippen molar-refractivity contribution in [2.24, 2.45) is 5.73 Å². The van der Waals surface area contributed by atoms with Crippen molar-refractivity contribution < 1.29 is 0 Å². The van der Waals surface area contributed by atoms with Crippen LogP contribution in [0.15, 0.2) is 46.9 Å². The van der Waals surface area contributed by atoms with Gasteiger partial charge in [-0.05, 0) is 67.9 Å². The normalized spacial score (nSPS) is 15.6.